The maximum atomic E-state index is 6.02. The van der Waals surface area contributed by atoms with Crippen molar-refractivity contribution in [2.75, 3.05) is 0 Å². The molecule has 2 unspecified atom stereocenters. The van der Waals surface area contributed by atoms with E-state index >= 15 is 0 Å². The first-order valence-corrected chi connectivity index (χ1v) is 6.57. The summed E-state index contributed by atoms with van der Waals surface area (Å²) in [5, 5.41) is 0. The molecule has 2 nitrogen and oxygen atoms in total. The van der Waals surface area contributed by atoms with E-state index in [-0.39, 0.29) is 0 Å². The standard InChI is InChI=1S/C13H26N2/c1-8(11-6-13(15)7-11)3-10-5-12(14)4-9(10)2/h8-13H,3-7,14-15H2,1-2H3/t8?,9-,10?,11-,12-,13-/m0/s1. The van der Waals surface area contributed by atoms with Gasteiger partial charge in [0.05, 0.1) is 0 Å². The fraction of sp³-hybridized carbons (Fsp3) is 1.00. The molecule has 0 aromatic rings. The van der Waals surface area contributed by atoms with Crippen LogP contribution in [0.15, 0.2) is 0 Å². The van der Waals surface area contributed by atoms with Crippen LogP contribution in [0.25, 0.3) is 0 Å². The molecule has 0 aliphatic heterocycles. The molecule has 15 heavy (non-hydrogen) atoms. The maximum Gasteiger partial charge on any atom is 0.00443 e. The zero-order chi connectivity index (χ0) is 11.0. The summed E-state index contributed by atoms with van der Waals surface area (Å²) < 4.78 is 0. The second-order valence-corrected chi connectivity index (χ2v) is 6.17. The summed E-state index contributed by atoms with van der Waals surface area (Å²) in [6, 6.07) is 0.974. The largest absolute Gasteiger partial charge is 0.328 e. The molecule has 0 heterocycles. The van der Waals surface area contributed by atoms with Crippen molar-refractivity contribution in [2.45, 2.75) is 58.0 Å². The van der Waals surface area contributed by atoms with Crippen molar-refractivity contribution in [3.05, 3.63) is 0 Å². The molecule has 88 valence electrons. The first-order chi connectivity index (χ1) is 7.06. The van der Waals surface area contributed by atoms with Gasteiger partial charge in [-0.2, -0.15) is 0 Å². The van der Waals surface area contributed by atoms with Crippen molar-refractivity contribution >= 4 is 0 Å². The number of hydrogen-bond acceptors (Lipinski definition) is 2. The van der Waals surface area contributed by atoms with Gasteiger partial charge in [0.15, 0.2) is 0 Å². The molecule has 0 bridgehead atoms. The predicted molar refractivity (Wildman–Crippen MR) is 64.3 cm³/mol. The van der Waals surface area contributed by atoms with Crippen molar-refractivity contribution < 1.29 is 0 Å². The Morgan fingerprint density at radius 1 is 1.07 bits per heavy atom. The van der Waals surface area contributed by atoms with E-state index in [1.807, 2.05) is 0 Å². The van der Waals surface area contributed by atoms with Crippen LogP contribution in [0.3, 0.4) is 0 Å². The Hall–Kier alpha value is -0.0800. The Labute approximate surface area is 93.8 Å². The van der Waals surface area contributed by atoms with E-state index in [9.17, 15) is 0 Å². The summed E-state index contributed by atoms with van der Waals surface area (Å²) >= 11 is 0. The van der Waals surface area contributed by atoms with Crippen LogP contribution in [-0.2, 0) is 0 Å². The van der Waals surface area contributed by atoms with Gasteiger partial charge in [-0.05, 0) is 55.8 Å². The van der Waals surface area contributed by atoms with Gasteiger partial charge in [-0.1, -0.05) is 13.8 Å². The second kappa shape index (κ2) is 4.42. The minimum absolute atomic E-state index is 0.473. The third-order valence-electron chi connectivity index (χ3n) is 4.78. The molecule has 0 spiro atoms. The monoisotopic (exact) mass is 210 g/mol. The van der Waals surface area contributed by atoms with Gasteiger partial charge < -0.3 is 11.5 Å². The normalized spacial score (nSPS) is 47.6. The van der Waals surface area contributed by atoms with Gasteiger partial charge >= 0.3 is 0 Å². The molecular weight excluding hydrogens is 184 g/mol. The molecule has 0 aromatic heterocycles. The maximum absolute atomic E-state index is 6.02. The van der Waals surface area contributed by atoms with Gasteiger partial charge in [-0.15, -0.1) is 0 Å². The third-order valence-corrected chi connectivity index (χ3v) is 4.78. The number of rotatable bonds is 3. The molecule has 2 saturated carbocycles. The van der Waals surface area contributed by atoms with Crippen LogP contribution in [0, 0.1) is 23.7 Å². The molecule has 2 aliphatic rings. The summed E-state index contributed by atoms with van der Waals surface area (Å²) in [5.74, 6) is 3.49. The zero-order valence-corrected chi connectivity index (χ0v) is 10.2. The first kappa shape index (κ1) is 11.4. The Bertz CT molecular complexity index is 211. The first-order valence-electron chi connectivity index (χ1n) is 6.57. The van der Waals surface area contributed by atoms with Crippen LogP contribution in [-0.4, -0.2) is 12.1 Å². The average Bonchev–Trinajstić information content (AvgIpc) is 2.40. The Kier molecular flexibility index (Phi) is 3.36. The summed E-state index contributed by atoms with van der Waals surface area (Å²) in [6.07, 6.45) is 6.39. The lowest BCUT2D eigenvalue weighted by atomic mass is 9.70. The van der Waals surface area contributed by atoms with Gasteiger partial charge in [-0.25, -0.2) is 0 Å². The van der Waals surface area contributed by atoms with E-state index in [1.54, 1.807) is 0 Å². The molecule has 4 N–H and O–H groups in total. The van der Waals surface area contributed by atoms with Gasteiger partial charge in [0, 0.05) is 12.1 Å². The SMILES string of the molecule is CC(CC1C[C@@H](N)C[C@@H]1C)[C@H]1C[C@H](N)C1. The predicted octanol–water partition coefficient (Wildman–Crippen LogP) is 2.12. The van der Waals surface area contributed by atoms with E-state index in [4.69, 9.17) is 11.5 Å². The van der Waals surface area contributed by atoms with Gasteiger partial charge in [0.2, 0.25) is 0 Å². The van der Waals surface area contributed by atoms with E-state index in [0.29, 0.717) is 12.1 Å². The van der Waals surface area contributed by atoms with E-state index < -0.39 is 0 Å². The van der Waals surface area contributed by atoms with Crippen molar-refractivity contribution in [3.8, 4) is 0 Å². The van der Waals surface area contributed by atoms with Gasteiger partial charge in [0.25, 0.3) is 0 Å². The average molecular weight is 210 g/mol. The molecule has 2 aliphatic carbocycles. The number of nitrogens with two attached hydrogens (primary N) is 2. The van der Waals surface area contributed by atoms with Crippen LogP contribution in [0.4, 0.5) is 0 Å². The fourth-order valence-corrected chi connectivity index (χ4v) is 3.56. The molecule has 2 fully saturated rings. The Morgan fingerprint density at radius 3 is 2.13 bits per heavy atom. The van der Waals surface area contributed by atoms with Crippen LogP contribution >= 0.6 is 0 Å². The van der Waals surface area contributed by atoms with E-state index in [2.05, 4.69) is 13.8 Å². The van der Waals surface area contributed by atoms with Crippen LogP contribution in [0.5, 0.6) is 0 Å². The summed E-state index contributed by atoms with van der Waals surface area (Å²) in [6.45, 7) is 4.78. The molecule has 0 amide bonds. The summed E-state index contributed by atoms with van der Waals surface area (Å²) in [4.78, 5) is 0. The molecular formula is C13H26N2. The Balaban J connectivity index is 1.76. The second-order valence-electron chi connectivity index (χ2n) is 6.17. The van der Waals surface area contributed by atoms with Crippen molar-refractivity contribution in [1.82, 2.24) is 0 Å². The van der Waals surface area contributed by atoms with Crippen molar-refractivity contribution in [1.29, 1.82) is 0 Å². The van der Waals surface area contributed by atoms with Crippen molar-refractivity contribution in [3.63, 3.8) is 0 Å². The molecule has 0 aromatic carbocycles. The zero-order valence-electron chi connectivity index (χ0n) is 10.2. The molecule has 2 heteroatoms. The van der Waals surface area contributed by atoms with Crippen molar-refractivity contribution in [2.24, 2.45) is 35.1 Å². The van der Waals surface area contributed by atoms with E-state index in [1.165, 1.54) is 32.1 Å². The van der Waals surface area contributed by atoms with Crippen LogP contribution in [0.2, 0.25) is 0 Å². The highest BCUT2D eigenvalue weighted by atomic mass is 14.7. The third kappa shape index (κ3) is 2.54. The summed E-state index contributed by atoms with van der Waals surface area (Å²) in [7, 11) is 0. The van der Waals surface area contributed by atoms with Crippen LogP contribution in [0.1, 0.15) is 46.0 Å². The lowest BCUT2D eigenvalue weighted by Gasteiger charge is -2.38. The topological polar surface area (TPSA) is 52.0 Å². The van der Waals surface area contributed by atoms with E-state index in [0.717, 1.165) is 23.7 Å². The lowest BCUT2D eigenvalue weighted by Crippen LogP contribution is -2.39. The number of hydrogen-bond donors (Lipinski definition) is 2. The molecule has 0 radical (unpaired) electrons. The minimum Gasteiger partial charge on any atom is -0.328 e. The highest BCUT2D eigenvalue weighted by Crippen LogP contribution is 2.41. The Morgan fingerprint density at radius 2 is 1.67 bits per heavy atom. The van der Waals surface area contributed by atoms with Gasteiger partial charge in [-0.3, -0.25) is 0 Å². The van der Waals surface area contributed by atoms with Crippen LogP contribution < -0.4 is 11.5 Å². The quantitative estimate of drug-likeness (QED) is 0.749. The molecule has 4 atom stereocenters. The molecule has 0 saturated heterocycles. The summed E-state index contributed by atoms with van der Waals surface area (Å²) in [5.41, 5.74) is 11.9. The fourth-order valence-electron chi connectivity index (χ4n) is 3.56. The molecule has 2 rings (SSSR count). The highest BCUT2D eigenvalue weighted by Gasteiger charge is 2.35. The van der Waals surface area contributed by atoms with Gasteiger partial charge in [0.1, 0.15) is 0 Å². The minimum atomic E-state index is 0.473. The lowest BCUT2D eigenvalue weighted by molar-refractivity contribution is 0.154. The smallest absolute Gasteiger partial charge is 0.00443 e. The highest BCUT2D eigenvalue weighted by molar-refractivity contribution is 4.89.